The van der Waals surface area contributed by atoms with Crippen molar-refractivity contribution in [2.24, 2.45) is 21.8 Å². The van der Waals surface area contributed by atoms with Crippen LogP contribution in [0.5, 0.6) is 0 Å². The van der Waals surface area contributed by atoms with E-state index in [1.807, 2.05) is 34.7 Å². The van der Waals surface area contributed by atoms with Crippen LogP contribution in [0.25, 0.3) is 5.57 Å². The molecule has 1 N–H and O–H groups in total. The molecule has 0 aliphatic heterocycles. The van der Waals surface area contributed by atoms with E-state index in [9.17, 15) is 4.39 Å². The van der Waals surface area contributed by atoms with Crippen LogP contribution in [0.2, 0.25) is 0 Å². The first-order valence-electron chi connectivity index (χ1n) is 12.8. The quantitative estimate of drug-likeness (QED) is 0.247. The lowest BCUT2D eigenvalue weighted by Gasteiger charge is -2.36. The number of nitrogens with zero attached hydrogens (tertiary/aromatic N) is 3. The van der Waals surface area contributed by atoms with Gasteiger partial charge in [-0.1, -0.05) is 39.8 Å². The Labute approximate surface area is 215 Å². The van der Waals surface area contributed by atoms with Gasteiger partial charge in [0.15, 0.2) is 0 Å². The molecule has 1 aromatic carbocycles. The average molecular weight is 487 g/mol. The van der Waals surface area contributed by atoms with Crippen molar-refractivity contribution in [3.63, 3.8) is 0 Å². The molecule has 0 amide bonds. The minimum absolute atomic E-state index is 0.240. The van der Waals surface area contributed by atoms with E-state index in [-0.39, 0.29) is 11.7 Å². The summed E-state index contributed by atoms with van der Waals surface area (Å²) in [5.74, 6) is 0.516. The molecule has 0 saturated heterocycles. The Morgan fingerprint density at radius 3 is 2.09 bits per heavy atom. The summed E-state index contributed by atoms with van der Waals surface area (Å²) < 4.78 is 14.7. The molecule has 1 aromatic rings. The molecule has 0 aromatic heterocycles. The van der Waals surface area contributed by atoms with Crippen LogP contribution in [0.1, 0.15) is 73.4 Å². The van der Waals surface area contributed by atoms with E-state index in [1.54, 1.807) is 13.1 Å². The summed E-state index contributed by atoms with van der Waals surface area (Å²) in [6.07, 6.45) is 0.773. The second-order valence-corrected chi connectivity index (χ2v) is 10.00. The average Bonchev–Trinajstić information content (AvgIpc) is 2.80. The third-order valence-electron chi connectivity index (χ3n) is 6.41. The molecule has 2 atom stereocenters. The van der Waals surface area contributed by atoms with E-state index in [0.717, 1.165) is 54.0 Å². The highest BCUT2D eigenvalue weighted by molar-refractivity contribution is 5.80. The smallest absolute Gasteiger partial charge is 0.149 e. The molecule has 4 nitrogen and oxygen atoms in total. The van der Waals surface area contributed by atoms with Crippen LogP contribution >= 0.6 is 0 Å². The molecule has 2 unspecified atom stereocenters. The SMILES string of the molecule is C=Nc1c(F)cc(CC)cc1/C(C)=C(/C(=C)C)C(C)C(C)N(CCNC)CC(C)C.CN=C(C)C. The number of aliphatic imine (C=N–C) groups is 2. The Balaban J connectivity index is 0.00000209. The molecular weight excluding hydrogens is 435 g/mol. The monoisotopic (exact) mass is 486 g/mol. The zero-order valence-corrected chi connectivity index (χ0v) is 24.3. The van der Waals surface area contributed by atoms with Gasteiger partial charge in [-0.3, -0.25) is 14.9 Å². The van der Waals surface area contributed by atoms with Crippen molar-refractivity contribution < 1.29 is 4.39 Å². The van der Waals surface area contributed by atoms with E-state index in [1.165, 1.54) is 5.57 Å². The lowest BCUT2D eigenvalue weighted by molar-refractivity contribution is 0.158. The first kappa shape index (κ1) is 32.9. The molecule has 0 bridgehead atoms. The van der Waals surface area contributed by atoms with Gasteiger partial charge in [-0.25, -0.2) is 4.39 Å². The minimum Gasteiger partial charge on any atom is -0.318 e. The Kier molecular flexibility index (Phi) is 15.5. The predicted octanol–water partition coefficient (Wildman–Crippen LogP) is 7.37. The summed E-state index contributed by atoms with van der Waals surface area (Å²) in [5, 5.41) is 3.27. The molecule has 1 rings (SSSR count). The number of halogens is 1. The highest BCUT2D eigenvalue weighted by atomic mass is 19.1. The molecule has 5 heteroatoms. The van der Waals surface area contributed by atoms with E-state index in [4.69, 9.17) is 0 Å². The van der Waals surface area contributed by atoms with E-state index >= 15 is 0 Å². The summed E-state index contributed by atoms with van der Waals surface area (Å²) in [7, 11) is 3.78. The fourth-order valence-electron chi connectivity index (χ4n) is 4.24. The summed E-state index contributed by atoms with van der Waals surface area (Å²) in [5.41, 5.74) is 6.48. The maximum atomic E-state index is 14.7. The maximum Gasteiger partial charge on any atom is 0.149 e. The van der Waals surface area contributed by atoms with Crippen molar-refractivity contribution in [1.82, 2.24) is 10.2 Å². The molecule has 0 aliphatic rings. The van der Waals surface area contributed by atoms with Gasteiger partial charge in [0.1, 0.15) is 11.5 Å². The first-order chi connectivity index (χ1) is 16.4. The van der Waals surface area contributed by atoms with Crippen LogP contribution in [-0.2, 0) is 6.42 Å². The largest absolute Gasteiger partial charge is 0.318 e. The van der Waals surface area contributed by atoms with Gasteiger partial charge < -0.3 is 5.32 Å². The van der Waals surface area contributed by atoms with E-state index in [2.05, 4.69) is 74.2 Å². The van der Waals surface area contributed by atoms with Gasteiger partial charge in [-0.2, -0.15) is 0 Å². The van der Waals surface area contributed by atoms with Gasteiger partial charge in [0.2, 0.25) is 0 Å². The third kappa shape index (κ3) is 10.6. The second-order valence-electron chi connectivity index (χ2n) is 10.00. The van der Waals surface area contributed by atoms with Gasteiger partial charge >= 0.3 is 0 Å². The summed E-state index contributed by atoms with van der Waals surface area (Å²) in [6, 6.07) is 3.94. The van der Waals surface area contributed by atoms with Crippen LogP contribution in [-0.4, -0.2) is 57.1 Å². The van der Waals surface area contributed by atoms with Crippen molar-refractivity contribution in [3.05, 3.63) is 46.8 Å². The summed E-state index contributed by atoms with van der Waals surface area (Å²) in [4.78, 5) is 10.4. The molecule has 198 valence electrons. The van der Waals surface area contributed by atoms with Crippen LogP contribution in [0, 0.1) is 17.7 Å². The second kappa shape index (κ2) is 16.5. The van der Waals surface area contributed by atoms with Crippen molar-refractivity contribution in [2.45, 2.75) is 74.8 Å². The number of hydrogen-bond acceptors (Lipinski definition) is 4. The van der Waals surface area contributed by atoms with Crippen LogP contribution in [0.3, 0.4) is 0 Å². The molecule has 0 heterocycles. The number of benzene rings is 1. The standard InChI is InChI=1S/C26H42FN3.C4H9N/c1-11-22-14-23(26(29-10)24(27)15-22)20(7)25(18(4)5)19(6)21(8)30(13-12-28-9)16-17(2)3;1-4(2)5-3/h14-15,17,19,21,28H,4,10-13,16H2,1-3,5-9H3;1-3H3/b25-20-;. The normalized spacial score (nSPS) is 13.5. The molecular formula is C30H51FN4. The van der Waals surface area contributed by atoms with Crippen molar-refractivity contribution in [3.8, 4) is 0 Å². The van der Waals surface area contributed by atoms with E-state index < -0.39 is 0 Å². The number of rotatable bonds is 12. The van der Waals surface area contributed by atoms with Crippen molar-refractivity contribution in [2.75, 3.05) is 33.7 Å². The zero-order chi connectivity index (χ0) is 27.3. The molecule has 0 radical (unpaired) electrons. The Morgan fingerprint density at radius 1 is 1.11 bits per heavy atom. The van der Waals surface area contributed by atoms with Gasteiger partial charge in [-0.15, -0.1) is 0 Å². The van der Waals surface area contributed by atoms with Crippen LogP contribution < -0.4 is 5.32 Å². The Hall–Kier alpha value is -2.11. The molecule has 0 saturated carbocycles. The van der Waals surface area contributed by atoms with Crippen molar-refractivity contribution in [1.29, 1.82) is 0 Å². The Morgan fingerprint density at radius 2 is 1.69 bits per heavy atom. The molecule has 0 fully saturated rings. The molecule has 0 spiro atoms. The first-order valence-corrected chi connectivity index (χ1v) is 12.8. The van der Waals surface area contributed by atoms with Gasteiger partial charge in [0.25, 0.3) is 0 Å². The topological polar surface area (TPSA) is 40.0 Å². The predicted molar refractivity (Wildman–Crippen MR) is 156 cm³/mol. The number of hydrogen-bond donors (Lipinski definition) is 1. The zero-order valence-electron chi connectivity index (χ0n) is 24.3. The van der Waals surface area contributed by atoms with Gasteiger partial charge in [-0.05, 0) is 95.5 Å². The number of allylic oxidation sites excluding steroid dienone is 2. The van der Waals surface area contributed by atoms with Gasteiger partial charge in [0, 0.05) is 44.0 Å². The van der Waals surface area contributed by atoms with Crippen LogP contribution in [0.15, 0.2) is 39.8 Å². The number of aryl methyl sites for hydroxylation is 1. The fourth-order valence-corrected chi connectivity index (χ4v) is 4.24. The van der Waals surface area contributed by atoms with E-state index in [0.29, 0.717) is 17.6 Å². The fraction of sp³-hybridized carbons (Fsp3) is 0.600. The highest BCUT2D eigenvalue weighted by Gasteiger charge is 2.26. The Bertz CT molecular complexity index is 879. The molecule has 35 heavy (non-hydrogen) atoms. The van der Waals surface area contributed by atoms with Crippen LogP contribution in [0.4, 0.5) is 10.1 Å². The summed E-state index contributed by atoms with van der Waals surface area (Å²) in [6.45, 7) is 30.0. The summed E-state index contributed by atoms with van der Waals surface area (Å²) >= 11 is 0. The highest BCUT2D eigenvalue weighted by Crippen LogP contribution is 2.37. The lowest BCUT2D eigenvalue weighted by Crippen LogP contribution is -2.43. The molecule has 0 aliphatic carbocycles. The van der Waals surface area contributed by atoms with Gasteiger partial charge in [0.05, 0.1) is 0 Å². The lowest BCUT2D eigenvalue weighted by atomic mass is 9.83. The maximum absolute atomic E-state index is 14.7. The minimum atomic E-state index is -0.309. The number of nitrogens with one attached hydrogen (secondary N) is 1. The van der Waals surface area contributed by atoms with Crippen molar-refractivity contribution >= 4 is 23.7 Å². The third-order valence-corrected chi connectivity index (χ3v) is 6.41. The number of likely N-dealkylation sites (N-methyl/N-ethyl adjacent to an activating group) is 1.